The Morgan fingerprint density at radius 1 is 1.58 bits per heavy atom. The summed E-state index contributed by atoms with van der Waals surface area (Å²) < 4.78 is 11.2. The van der Waals surface area contributed by atoms with Crippen molar-refractivity contribution >= 4 is 33.2 Å². The van der Waals surface area contributed by atoms with Crippen LogP contribution in [0.15, 0.2) is 20.4 Å². The number of hydrogen-bond acceptors (Lipinski definition) is 6. The molecule has 2 aromatic rings. The van der Waals surface area contributed by atoms with Crippen LogP contribution >= 0.6 is 27.3 Å². The minimum Gasteiger partial charge on any atom is -0.465 e. The second kappa shape index (κ2) is 5.42. The Bertz CT molecular complexity index is 591. The highest BCUT2D eigenvalue weighted by atomic mass is 79.9. The number of rotatable bonds is 4. The number of thiophene rings is 1. The normalized spacial score (nSPS) is 11.6. The maximum atomic E-state index is 11.9. The van der Waals surface area contributed by atoms with Crippen molar-refractivity contribution in [1.82, 2.24) is 10.1 Å². The molecule has 0 amide bonds. The monoisotopic (exact) mass is 344 g/mol. The number of halogens is 1. The van der Waals surface area contributed by atoms with E-state index in [1.807, 2.05) is 11.4 Å². The molecule has 7 heteroatoms. The van der Waals surface area contributed by atoms with Crippen LogP contribution < -0.4 is 0 Å². The molecule has 0 spiro atoms. The van der Waals surface area contributed by atoms with Crippen LogP contribution in [-0.2, 0) is 14.9 Å². The molecule has 0 bridgehead atoms. The molecule has 2 rings (SSSR count). The van der Waals surface area contributed by atoms with Gasteiger partial charge in [0.25, 0.3) is 0 Å². The number of nitrogens with zero attached hydrogens (tertiary/aromatic N) is 2. The maximum Gasteiger partial charge on any atom is 0.321 e. The number of aromatic nitrogens is 2. The molecule has 0 N–H and O–H groups in total. The Balaban J connectivity index is 2.28. The molecule has 0 atom stereocenters. The zero-order valence-corrected chi connectivity index (χ0v) is 13.2. The Hall–Kier alpha value is -1.21. The van der Waals surface area contributed by atoms with E-state index in [1.54, 1.807) is 20.8 Å². The summed E-state index contributed by atoms with van der Waals surface area (Å²) in [6.45, 7) is 5.48. The van der Waals surface area contributed by atoms with Gasteiger partial charge in [-0.05, 0) is 42.8 Å². The molecular formula is C12H13BrN2O3S. The van der Waals surface area contributed by atoms with E-state index in [4.69, 9.17) is 9.26 Å². The maximum absolute atomic E-state index is 11.9. The van der Waals surface area contributed by atoms with Gasteiger partial charge in [-0.1, -0.05) is 5.16 Å². The van der Waals surface area contributed by atoms with E-state index in [-0.39, 0.29) is 11.9 Å². The fourth-order valence-corrected chi connectivity index (χ4v) is 2.76. The van der Waals surface area contributed by atoms with Gasteiger partial charge in [-0.3, -0.25) is 4.79 Å². The van der Waals surface area contributed by atoms with Crippen molar-refractivity contribution in [3.05, 3.63) is 21.8 Å². The first-order valence-corrected chi connectivity index (χ1v) is 7.38. The van der Waals surface area contributed by atoms with Gasteiger partial charge >= 0.3 is 5.97 Å². The average molecular weight is 345 g/mol. The smallest absolute Gasteiger partial charge is 0.321 e. The van der Waals surface area contributed by atoms with Crippen molar-refractivity contribution in [2.45, 2.75) is 26.2 Å². The lowest BCUT2D eigenvalue weighted by molar-refractivity contribution is -0.149. The molecule has 2 aromatic heterocycles. The molecule has 5 nitrogen and oxygen atoms in total. The van der Waals surface area contributed by atoms with Gasteiger partial charge in [-0.15, -0.1) is 11.3 Å². The third-order valence-electron chi connectivity index (χ3n) is 2.53. The van der Waals surface area contributed by atoms with E-state index in [0.717, 1.165) is 9.35 Å². The number of ether oxygens (including phenoxy) is 1. The van der Waals surface area contributed by atoms with E-state index in [1.165, 1.54) is 11.3 Å². The van der Waals surface area contributed by atoms with Crippen molar-refractivity contribution in [1.29, 1.82) is 0 Å². The molecule has 102 valence electrons. The van der Waals surface area contributed by atoms with Crippen molar-refractivity contribution in [2.75, 3.05) is 6.61 Å². The van der Waals surface area contributed by atoms with E-state index in [2.05, 4.69) is 26.1 Å². The summed E-state index contributed by atoms with van der Waals surface area (Å²) in [5.41, 5.74) is -0.949. The Morgan fingerprint density at radius 3 is 2.89 bits per heavy atom. The van der Waals surface area contributed by atoms with Gasteiger partial charge in [-0.25, -0.2) is 0 Å². The summed E-state index contributed by atoms with van der Waals surface area (Å²) in [4.78, 5) is 17.0. The second-order valence-electron chi connectivity index (χ2n) is 4.40. The van der Waals surface area contributed by atoms with Crippen LogP contribution in [0.1, 0.15) is 26.7 Å². The summed E-state index contributed by atoms with van der Waals surface area (Å²) in [6, 6.07) is 1.90. The molecule has 0 saturated carbocycles. The molecule has 0 aliphatic rings. The third-order valence-corrected chi connectivity index (χ3v) is 4.22. The molecule has 2 heterocycles. The highest BCUT2D eigenvalue weighted by Crippen LogP contribution is 2.30. The quantitative estimate of drug-likeness (QED) is 0.795. The zero-order chi connectivity index (χ0) is 14.0. The van der Waals surface area contributed by atoms with Crippen molar-refractivity contribution in [2.24, 2.45) is 0 Å². The lowest BCUT2D eigenvalue weighted by Crippen LogP contribution is -2.31. The van der Waals surface area contributed by atoms with Crippen LogP contribution in [-0.4, -0.2) is 22.7 Å². The van der Waals surface area contributed by atoms with Crippen molar-refractivity contribution < 1.29 is 14.1 Å². The number of esters is 1. The van der Waals surface area contributed by atoms with Crippen LogP contribution in [0.4, 0.5) is 0 Å². The summed E-state index contributed by atoms with van der Waals surface area (Å²) in [7, 11) is 0. The molecule has 0 radical (unpaired) electrons. The molecule has 0 aliphatic heterocycles. The predicted octanol–water partition coefficient (Wildman–Crippen LogP) is 3.40. The lowest BCUT2D eigenvalue weighted by Gasteiger charge is -2.16. The molecule has 0 aliphatic carbocycles. The first-order valence-electron chi connectivity index (χ1n) is 5.71. The summed E-state index contributed by atoms with van der Waals surface area (Å²) >= 11 is 4.87. The number of carbonyl (C=O) groups is 1. The average Bonchev–Trinajstić information content (AvgIpc) is 2.97. The van der Waals surface area contributed by atoms with E-state index >= 15 is 0 Å². The standard InChI is InChI=1S/C12H13BrN2O3S/c1-4-17-11(16)12(2,3)10-14-9(15-18-10)8-5-7(13)6-19-8/h5-6H,4H2,1-3H3. The minimum atomic E-state index is -0.949. The fourth-order valence-electron chi connectivity index (χ4n) is 1.41. The molecule has 0 unspecified atom stereocenters. The van der Waals surface area contributed by atoms with Crippen LogP contribution in [0, 0.1) is 0 Å². The van der Waals surface area contributed by atoms with E-state index in [9.17, 15) is 4.79 Å². The largest absolute Gasteiger partial charge is 0.465 e. The van der Waals surface area contributed by atoms with Crippen LogP contribution in [0.5, 0.6) is 0 Å². The number of carbonyl (C=O) groups excluding carboxylic acids is 1. The lowest BCUT2D eigenvalue weighted by atomic mass is 9.94. The van der Waals surface area contributed by atoms with Gasteiger partial charge in [0, 0.05) is 9.85 Å². The highest BCUT2D eigenvalue weighted by Gasteiger charge is 2.37. The van der Waals surface area contributed by atoms with Gasteiger partial charge in [0.05, 0.1) is 11.5 Å². The first kappa shape index (κ1) is 14.2. The highest BCUT2D eigenvalue weighted by molar-refractivity contribution is 9.10. The summed E-state index contributed by atoms with van der Waals surface area (Å²) in [5.74, 6) is 0.353. The Kier molecular flexibility index (Phi) is 4.05. The topological polar surface area (TPSA) is 65.2 Å². The third kappa shape index (κ3) is 2.87. The zero-order valence-electron chi connectivity index (χ0n) is 10.8. The second-order valence-corrected chi connectivity index (χ2v) is 6.22. The minimum absolute atomic E-state index is 0.255. The van der Waals surface area contributed by atoms with Crippen molar-refractivity contribution in [3.63, 3.8) is 0 Å². The first-order chi connectivity index (χ1) is 8.95. The van der Waals surface area contributed by atoms with E-state index in [0.29, 0.717) is 12.4 Å². The van der Waals surface area contributed by atoms with Gasteiger partial charge in [0.2, 0.25) is 11.7 Å². The van der Waals surface area contributed by atoms with Crippen LogP contribution in [0.2, 0.25) is 0 Å². The van der Waals surface area contributed by atoms with Gasteiger partial charge in [0.1, 0.15) is 5.41 Å². The van der Waals surface area contributed by atoms with Crippen LogP contribution in [0.25, 0.3) is 10.7 Å². The molecule has 0 fully saturated rings. The van der Waals surface area contributed by atoms with Gasteiger partial charge in [0.15, 0.2) is 0 Å². The Labute approximate surface area is 123 Å². The SMILES string of the molecule is CCOC(=O)C(C)(C)c1nc(-c2cc(Br)cs2)no1. The van der Waals surface area contributed by atoms with Crippen molar-refractivity contribution in [3.8, 4) is 10.7 Å². The van der Waals surface area contributed by atoms with Gasteiger partial charge in [-0.2, -0.15) is 4.98 Å². The Morgan fingerprint density at radius 2 is 2.32 bits per heavy atom. The molecule has 0 saturated heterocycles. The summed E-state index contributed by atoms with van der Waals surface area (Å²) in [6.07, 6.45) is 0. The fraction of sp³-hybridized carbons (Fsp3) is 0.417. The summed E-state index contributed by atoms with van der Waals surface area (Å²) in [5, 5.41) is 5.84. The predicted molar refractivity (Wildman–Crippen MR) is 75.0 cm³/mol. The van der Waals surface area contributed by atoms with Gasteiger partial charge < -0.3 is 9.26 Å². The number of hydrogen-bond donors (Lipinski definition) is 0. The van der Waals surface area contributed by atoms with E-state index < -0.39 is 5.41 Å². The molecular weight excluding hydrogens is 332 g/mol. The molecule has 0 aromatic carbocycles. The molecule has 19 heavy (non-hydrogen) atoms. The van der Waals surface area contributed by atoms with Crippen LogP contribution in [0.3, 0.4) is 0 Å².